The van der Waals surface area contributed by atoms with E-state index in [1.807, 2.05) is 11.6 Å². The van der Waals surface area contributed by atoms with Crippen LogP contribution in [0.25, 0.3) is 11.2 Å². The van der Waals surface area contributed by atoms with E-state index in [-0.39, 0.29) is 11.2 Å². The standard InChI is InChI=1S/C16H25N5O2S/c1-4-21-14(22)12-13(19(3)16(21)23)17-15(18(12)2)24-11-10-20-8-6-5-7-9-20/h4-11H2,1-3H3. The molecule has 1 aliphatic heterocycles. The highest BCUT2D eigenvalue weighted by Gasteiger charge is 2.18. The normalized spacial score (nSPS) is 16.1. The molecule has 0 atom stereocenters. The van der Waals surface area contributed by atoms with E-state index in [0.717, 1.165) is 17.5 Å². The summed E-state index contributed by atoms with van der Waals surface area (Å²) in [5, 5.41) is 0.794. The van der Waals surface area contributed by atoms with Crippen LogP contribution in [0.1, 0.15) is 26.2 Å². The number of rotatable bonds is 5. The Labute approximate surface area is 145 Å². The molecule has 0 unspecified atom stereocenters. The third kappa shape index (κ3) is 3.04. The number of hydrogen-bond acceptors (Lipinski definition) is 5. The van der Waals surface area contributed by atoms with Crippen LogP contribution in [0.2, 0.25) is 0 Å². The molecule has 0 saturated carbocycles. The number of imidazole rings is 1. The summed E-state index contributed by atoms with van der Waals surface area (Å²) in [7, 11) is 3.52. The number of piperidine rings is 1. The Morgan fingerprint density at radius 1 is 1.08 bits per heavy atom. The van der Waals surface area contributed by atoms with E-state index in [1.165, 1.54) is 41.5 Å². The number of hydrogen-bond donors (Lipinski definition) is 0. The van der Waals surface area contributed by atoms with E-state index < -0.39 is 0 Å². The first-order chi connectivity index (χ1) is 11.5. The lowest BCUT2D eigenvalue weighted by atomic mass is 10.1. The monoisotopic (exact) mass is 351 g/mol. The highest BCUT2D eigenvalue weighted by atomic mass is 32.2. The molecular formula is C16H25N5O2S. The van der Waals surface area contributed by atoms with Crippen molar-refractivity contribution in [3.63, 3.8) is 0 Å². The Kier molecular flexibility index (Phi) is 5.15. The summed E-state index contributed by atoms with van der Waals surface area (Å²) in [5.41, 5.74) is 0.406. The summed E-state index contributed by atoms with van der Waals surface area (Å²) >= 11 is 1.65. The van der Waals surface area contributed by atoms with Crippen LogP contribution >= 0.6 is 11.8 Å². The van der Waals surface area contributed by atoms with Gasteiger partial charge in [0, 0.05) is 32.9 Å². The second-order valence-electron chi connectivity index (χ2n) is 6.27. The van der Waals surface area contributed by atoms with Gasteiger partial charge in [0.2, 0.25) is 0 Å². The second-order valence-corrected chi connectivity index (χ2v) is 7.33. The zero-order valence-electron chi connectivity index (χ0n) is 14.6. The first kappa shape index (κ1) is 17.3. The summed E-state index contributed by atoms with van der Waals surface area (Å²) in [6.45, 7) is 5.56. The molecule has 2 aromatic heterocycles. The molecule has 2 aromatic rings. The molecule has 8 heteroatoms. The third-order valence-electron chi connectivity index (χ3n) is 4.72. The lowest BCUT2D eigenvalue weighted by Crippen LogP contribution is -2.39. The van der Waals surface area contributed by atoms with Crippen LogP contribution in [0.5, 0.6) is 0 Å². The molecule has 132 valence electrons. The van der Waals surface area contributed by atoms with Gasteiger partial charge in [0.05, 0.1) is 0 Å². The predicted octanol–water partition coefficient (Wildman–Crippen LogP) is 1.03. The van der Waals surface area contributed by atoms with E-state index in [1.54, 1.807) is 25.7 Å². The minimum absolute atomic E-state index is 0.256. The van der Waals surface area contributed by atoms with Crippen molar-refractivity contribution in [2.24, 2.45) is 14.1 Å². The van der Waals surface area contributed by atoms with Gasteiger partial charge in [-0.1, -0.05) is 18.2 Å². The molecule has 0 bridgehead atoms. The molecule has 0 aromatic carbocycles. The van der Waals surface area contributed by atoms with Crippen molar-refractivity contribution >= 4 is 22.9 Å². The molecule has 1 saturated heterocycles. The number of aromatic nitrogens is 4. The Morgan fingerprint density at radius 3 is 2.46 bits per heavy atom. The highest BCUT2D eigenvalue weighted by Crippen LogP contribution is 2.20. The number of likely N-dealkylation sites (tertiary alicyclic amines) is 1. The van der Waals surface area contributed by atoms with E-state index in [2.05, 4.69) is 9.88 Å². The molecule has 1 fully saturated rings. The van der Waals surface area contributed by atoms with E-state index in [4.69, 9.17) is 0 Å². The van der Waals surface area contributed by atoms with Crippen molar-refractivity contribution in [2.45, 2.75) is 37.9 Å². The summed E-state index contributed by atoms with van der Waals surface area (Å²) in [5.74, 6) is 0.938. The Morgan fingerprint density at radius 2 is 1.79 bits per heavy atom. The van der Waals surface area contributed by atoms with Crippen molar-refractivity contribution in [2.75, 3.05) is 25.4 Å². The average molecular weight is 351 g/mol. The van der Waals surface area contributed by atoms with Gasteiger partial charge in [-0.05, 0) is 32.9 Å². The molecule has 0 N–H and O–H groups in total. The summed E-state index contributed by atoms with van der Waals surface area (Å²) in [6, 6.07) is 0. The largest absolute Gasteiger partial charge is 0.332 e. The molecule has 0 amide bonds. The molecular weight excluding hydrogens is 326 g/mol. The van der Waals surface area contributed by atoms with Crippen molar-refractivity contribution in [3.8, 4) is 0 Å². The molecule has 3 heterocycles. The van der Waals surface area contributed by atoms with E-state index in [9.17, 15) is 9.59 Å². The van der Waals surface area contributed by atoms with Crippen LogP contribution in [0.3, 0.4) is 0 Å². The summed E-state index contributed by atoms with van der Waals surface area (Å²) in [4.78, 5) is 31.8. The molecule has 24 heavy (non-hydrogen) atoms. The van der Waals surface area contributed by atoms with Gasteiger partial charge in [-0.25, -0.2) is 9.78 Å². The van der Waals surface area contributed by atoms with Gasteiger partial charge in [0.1, 0.15) is 0 Å². The fraction of sp³-hybridized carbons (Fsp3) is 0.688. The second kappa shape index (κ2) is 7.14. The van der Waals surface area contributed by atoms with E-state index >= 15 is 0 Å². The maximum Gasteiger partial charge on any atom is 0.332 e. The fourth-order valence-corrected chi connectivity index (χ4v) is 4.25. The van der Waals surface area contributed by atoms with Gasteiger partial charge < -0.3 is 9.47 Å². The summed E-state index contributed by atoms with van der Waals surface area (Å²) < 4.78 is 4.55. The number of aryl methyl sites for hydroxylation is 2. The van der Waals surface area contributed by atoms with Gasteiger partial charge in [0.15, 0.2) is 16.3 Å². The van der Waals surface area contributed by atoms with Gasteiger partial charge in [0.25, 0.3) is 5.56 Å². The molecule has 7 nitrogen and oxygen atoms in total. The van der Waals surface area contributed by atoms with Crippen LogP contribution in [0, 0.1) is 0 Å². The van der Waals surface area contributed by atoms with Gasteiger partial charge in [-0.3, -0.25) is 13.9 Å². The van der Waals surface area contributed by atoms with Crippen LogP contribution in [-0.2, 0) is 20.6 Å². The fourth-order valence-electron chi connectivity index (χ4n) is 3.28. The minimum Gasteiger partial charge on any atom is -0.316 e. The first-order valence-electron chi connectivity index (χ1n) is 8.56. The summed E-state index contributed by atoms with van der Waals surface area (Å²) in [6.07, 6.45) is 3.91. The molecule has 0 aliphatic carbocycles. The molecule has 1 aliphatic rings. The van der Waals surface area contributed by atoms with Crippen molar-refractivity contribution < 1.29 is 0 Å². The van der Waals surface area contributed by atoms with Crippen LogP contribution in [0.4, 0.5) is 0 Å². The Hall–Kier alpha value is -1.54. The minimum atomic E-state index is -0.307. The number of fused-ring (bicyclic) bond motifs is 1. The lowest BCUT2D eigenvalue weighted by molar-refractivity contribution is 0.242. The highest BCUT2D eigenvalue weighted by molar-refractivity contribution is 7.99. The quantitative estimate of drug-likeness (QED) is 0.753. The lowest BCUT2D eigenvalue weighted by Gasteiger charge is -2.25. The van der Waals surface area contributed by atoms with Crippen LogP contribution < -0.4 is 11.2 Å². The zero-order valence-corrected chi connectivity index (χ0v) is 15.4. The number of nitrogens with zero attached hydrogens (tertiary/aromatic N) is 5. The molecule has 3 rings (SSSR count). The molecule has 0 spiro atoms. The van der Waals surface area contributed by atoms with Crippen LogP contribution in [-0.4, -0.2) is 49.0 Å². The maximum absolute atomic E-state index is 12.6. The SMILES string of the molecule is CCn1c(=O)c2c(nc(SCCN3CCCCC3)n2C)n(C)c1=O. The first-order valence-corrected chi connectivity index (χ1v) is 9.54. The predicted molar refractivity (Wildman–Crippen MR) is 96.9 cm³/mol. The zero-order chi connectivity index (χ0) is 17.3. The topological polar surface area (TPSA) is 65.1 Å². The third-order valence-corrected chi connectivity index (χ3v) is 5.73. The van der Waals surface area contributed by atoms with Gasteiger partial charge in [-0.15, -0.1) is 0 Å². The number of thioether (sulfide) groups is 1. The van der Waals surface area contributed by atoms with Crippen molar-refractivity contribution in [3.05, 3.63) is 20.8 Å². The van der Waals surface area contributed by atoms with Crippen molar-refractivity contribution in [1.29, 1.82) is 0 Å². The van der Waals surface area contributed by atoms with E-state index in [0.29, 0.717) is 17.7 Å². The Balaban J connectivity index is 1.86. The Bertz CT molecular complexity index is 845. The van der Waals surface area contributed by atoms with Gasteiger partial charge in [-0.2, -0.15) is 0 Å². The van der Waals surface area contributed by atoms with Gasteiger partial charge >= 0.3 is 5.69 Å². The maximum atomic E-state index is 12.6. The average Bonchev–Trinajstić information content (AvgIpc) is 2.92. The van der Waals surface area contributed by atoms with Crippen LogP contribution in [0.15, 0.2) is 14.7 Å². The van der Waals surface area contributed by atoms with Crippen molar-refractivity contribution in [1.82, 2.24) is 23.6 Å². The molecule has 0 radical (unpaired) electrons. The smallest absolute Gasteiger partial charge is 0.316 e.